The van der Waals surface area contributed by atoms with Crippen molar-refractivity contribution in [3.8, 4) is 5.75 Å². The predicted octanol–water partition coefficient (Wildman–Crippen LogP) is 2.00. The Morgan fingerprint density at radius 1 is 1.34 bits per heavy atom. The Kier molecular flexibility index (Phi) is 7.87. The van der Waals surface area contributed by atoms with E-state index in [1.807, 2.05) is 46.7 Å². The second-order valence-electron chi connectivity index (χ2n) is 8.32. The van der Waals surface area contributed by atoms with Gasteiger partial charge in [-0.15, -0.1) is 0 Å². The van der Waals surface area contributed by atoms with Crippen molar-refractivity contribution < 1.29 is 19.4 Å². The number of ether oxygens (including phenoxy) is 1. The number of fused-ring (bicyclic) bond motifs is 1. The number of anilines is 1. The maximum absolute atomic E-state index is 13.3. The van der Waals surface area contributed by atoms with Gasteiger partial charge in [0, 0.05) is 25.0 Å². The molecule has 0 saturated heterocycles. The van der Waals surface area contributed by atoms with Crippen LogP contribution in [0.4, 0.5) is 10.5 Å². The maximum Gasteiger partial charge on any atom is 0.319 e. The molecule has 0 radical (unpaired) electrons. The zero-order chi connectivity index (χ0) is 21.7. The van der Waals surface area contributed by atoms with E-state index in [1.165, 1.54) is 0 Å². The van der Waals surface area contributed by atoms with Crippen molar-refractivity contribution in [1.29, 1.82) is 0 Å². The Morgan fingerprint density at radius 2 is 2.03 bits per heavy atom. The molecule has 29 heavy (non-hydrogen) atoms. The summed E-state index contributed by atoms with van der Waals surface area (Å²) in [6, 6.07) is 4.44. The van der Waals surface area contributed by atoms with E-state index in [0.29, 0.717) is 30.1 Å². The zero-order valence-electron chi connectivity index (χ0n) is 18.2. The average Bonchev–Trinajstić information content (AvgIpc) is 2.63. The second kappa shape index (κ2) is 9.93. The molecule has 0 spiro atoms. The van der Waals surface area contributed by atoms with Gasteiger partial charge in [0.1, 0.15) is 6.10 Å². The molecule has 1 aliphatic heterocycles. The smallest absolute Gasteiger partial charge is 0.319 e. The lowest BCUT2D eigenvalue weighted by molar-refractivity contribution is 0.0365. The minimum atomic E-state index is -0.357. The Hall–Kier alpha value is -2.32. The monoisotopic (exact) mass is 406 g/mol. The highest BCUT2D eigenvalue weighted by molar-refractivity contribution is 6.01. The average molecular weight is 407 g/mol. The molecule has 0 saturated carbocycles. The van der Waals surface area contributed by atoms with Gasteiger partial charge in [-0.25, -0.2) is 4.79 Å². The van der Waals surface area contributed by atoms with Crippen LogP contribution in [0.2, 0.25) is 0 Å². The number of nitrogens with one attached hydrogen (secondary N) is 2. The minimum absolute atomic E-state index is 0.0227. The molecule has 0 aliphatic carbocycles. The van der Waals surface area contributed by atoms with Crippen LogP contribution in [0.5, 0.6) is 5.75 Å². The SMILES string of the molecule is CC(C)NC(=O)Nc1cccc2c1O[C@H](CN(C)C)[C@H](C)CN([C@H](C)CO)C2=O. The van der Waals surface area contributed by atoms with E-state index in [0.717, 1.165) is 0 Å². The van der Waals surface area contributed by atoms with E-state index in [-0.39, 0.29) is 42.7 Å². The number of para-hydroxylation sites is 1. The van der Waals surface area contributed by atoms with Gasteiger partial charge in [0.2, 0.25) is 0 Å². The van der Waals surface area contributed by atoms with Gasteiger partial charge < -0.3 is 30.3 Å². The van der Waals surface area contributed by atoms with Crippen molar-refractivity contribution in [2.24, 2.45) is 5.92 Å². The fourth-order valence-corrected chi connectivity index (χ4v) is 3.34. The number of carbonyl (C=O) groups excluding carboxylic acids is 2. The van der Waals surface area contributed by atoms with Gasteiger partial charge in [-0.2, -0.15) is 0 Å². The van der Waals surface area contributed by atoms with Crippen LogP contribution in [0.15, 0.2) is 18.2 Å². The summed E-state index contributed by atoms with van der Waals surface area (Å²) < 4.78 is 6.33. The van der Waals surface area contributed by atoms with Gasteiger partial charge in [-0.3, -0.25) is 4.79 Å². The molecule has 8 heteroatoms. The van der Waals surface area contributed by atoms with E-state index in [4.69, 9.17) is 4.74 Å². The lowest BCUT2D eigenvalue weighted by atomic mass is 9.99. The molecule has 1 aromatic carbocycles. The van der Waals surface area contributed by atoms with Crippen molar-refractivity contribution >= 4 is 17.6 Å². The summed E-state index contributed by atoms with van der Waals surface area (Å²) in [6.07, 6.45) is -0.193. The molecular weight excluding hydrogens is 372 g/mol. The van der Waals surface area contributed by atoms with Crippen molar-refractivity contribution in [1.82, 2.24) is 15.1 Å². The summed E-state index contributed by atoms with van der Waals surface area (Å²) in [4.78, 5) is 29.3. The van der Waals surface area contributed by atoms with Gasteiger partial charge in [-0.1, -0.05) is 13.0 Å². The first-order valence-corrected chi connectivity index (χ1v) is 10.1. The van der Waals surface area contributed by atoms with E-state index < -0.39 is 0 Å². The van der Waals surface area contributed by atoms with Gasteiger partial charge in [0.05, 0.1) is 23.9 Å². The summed E-state index contributed by atoms with van der Waals surface area (Å²) >= 11 is 0. The van der Waals surface area contributed by atoms with Crippen LogP contribution >= 0.6 is 0 Å². The van der Waals surface area contributed by atoms with Crippen LogP contribution in [0, 0.1) is 5.92 Å². The van der Waals surface area contributed by atoms with Crippen LogP contribution < -0.4 is 15.4 Å². The number of urea groups is 1. The fourth-order valence-electron chi connectivity index (χ4n) is 3.34. The van der Waals surface area contributed by atoms with Gasteiger partial charge in [0.25, 0.3) is 5.91 Å². The third kappa shape index (κ3) is 5.83. The topological polar surface area (TPSA) is 94.1 Å². The highest BCUT2D eigenvalue weighted by atomic mass is 16.5. The normalized spacial score (nSPS) is 20.6. The molecule has 0 fully saturated rings. The van der Waals surface area contributed by atoms with Crippen LogP contribution in [0.25, 0.3) is 0 Å². The lowest BCUT2D eigenvalue weighted by Gasteiger charge is -2.38. The molecule has 3 atom stereocenters. The van der Waals surface area contributed by atoms with Crippen molar-refractivity contribution in [2.45, 2.75) is 45.9 Å². The summed E-state index contributed by atoms with van der Waals surface area (Å²) in [5, 5.41) is 15.3. The molecule has 3 amide bonds. The van der Waals surface area contributed by atoms with Crippen molar-refractivity contribution in [2.75, 3.05) is 39.1 Å². The van der Waals surface area contributed by atoms with Crippen LogP contribution in [0.1, 0.15) is 38.1 Å². The molecule has 8 nitrogen and oxygen atoms in total. The number of hydrogen-bond acceptors (Lipinski definition) is 5. The van der Waals surface area contributed by atoms with Gasteiger partial charge in [-0.05, 0) is 47.0 Å². The Balaban J connectivity index is 2.50. The van der Waals surface area contributed by atoms with Crippen LogP contribution in [-0.2, 0) is 0 Å². The third-order valence-electron chi connectivity index (χ3n) is 4.90. The Morgan fingerprint density at radius 3 is 2.62 bits per heavy atom. The van der Waals surface area contributed by atoms with Gasteiger partial charge >= 0.3 is 6.03 Å². The van der Waals surface area contributed by atoms with Crippen molar-refractivity contribution in [3.05, 3.63) is 23.8 Å². The number of likely N-dealkylation sites (N-methyl/N-ethyl adjacent to an activating group) is 1. The second-order valence-corrected chi connectivity index (χ2v) is 8.32. The molecule has 1 aromatic rings. The first kappa shape index (κ1) is 23.0. The van der Waals surface area contributed by atoms with E-state index in [9.17, 15) is 14.7 Å². The first-order valence-electron chi connectivity index (χ1n) is 10.1. The largest absolute Gasteiger partial charge is 0.486 e. The first-order chi connectivity index (χ1) is 13.6. The summed E-state index contributed by atoms with van der Waals surface area (Å²) in [6.45, 7) is 8.61. The zero-order valence-corrected chi connectivity index (χ0v) is 18.2. The van der Waals surface area contributed by atoms with E-state index >= 15 is 0 Å². The molecule has 0 unspecified atom stereocenters. The molecule has 162 valence electrons. The third-order valence-corrected chi connectivity index (χ3v) is 4.90. The highest BCUT2D eigenvalue weighted by Crippen LogP contribution is 2.34. The Bertz CT molecular complexity index is 723. The molecule has 0 bridgehead atoms. The standard InChI is InChI=1S/C21H34N4O4/c1-13(2)22-21(28)23-17-9-7-8-16-19(17)29-18(11-24(5)6)14(3)10-25(20(16)27)15(4)12-26/h7-9,13-15,18,26H,10-12H2,1-6H3,(H2,22,23,28)/t14-,15-,18-/m1/s1. The lowest BCUT2D eigenvalue weighted by Crippen LogP contribution is -2.49. The highest BCUT2D eigenvalue weighted by Gasteiger charge is 2.34. The van der Waals surface area contributed by atoms with E-state index in [2.05, 4.69) is 10.6 Å². The fraction of sp³-hybridized carbons (Fsp3) is 0.619. The summed E-state index contributed by atoms with van der Waals surface area (Å²) in [5.41, 5.74) is 0.826. The van der Waals surface area contributed by atoms with Crippen LogP contribution in [-0.4, -0.2) is 78.8 Å². The number of carbonyl (C=O) groups is 2. The number of benzene rings is 1. The molecule has 1 heterocycles. The number of aliphatic hydroxyl groups excluding tert-OH is 1. The number of rotatable bonds is 6. The number of aliphatic hydroxyl groups is 1. The Labute approximate surface area is 173 Å². The molecule has 2 rings (SSSR count). The minimum Gasteiger partial charge on any atom is -0.486 e. The quantitative estimate of drug-likeness (QED) is 0.672. The number of hydrogen-bond donors (Lipinski definition) is 3. The van der Waals surface area contributed by atoms with Crippen LogP contribution in [0.3, 0.4) is 0 Å². The van der Waals surface area contributed by atoms with Gasteiger partial charge in [0.15, 0.2) is 5.75 Å². The predicted molar refractivity (Wildman–Crippen MR) is 113 cm³/mol. The van der Waals surface area contributed by atoms with E-state index in [1.54, 1.807) is 23.1 Å². The molecule has 3 N–H and O–H groups in total. The number of amides is 3. The summed E-state index contributed by atoms with van der Waals surface area (Å²) in [7, 11) is 3.94. The van der Waals surface area contributed by atoms with Crippen molar-refractivity contribution in [3.63, 3.8) is 0 Å². The molecular formula is C21H34N4O4. The molecule has 0 aromatic heterocycles. The molecule has 1 aliphatic rings. The number of nitrogens with zero attached hydrogens (tertiary/aromatic N) is 2. The maximum atomic E-state index is 13.3. The summed E-state index contributed by atoms with van der Waals surface area (Å²) in [5.74, 6) is 0.176.